The molecule has 0 unspecified atom stereocenters. The molecule has 2 nitrogen and oxygen atoms in total. The molecule has 0 radical (unpaired) electrons. The van der Waals surface area contributed by atoms with Crippen LogP contribution in [0.1, 0.15) is 46.5 Å². The van der Waals surface area contributed by atoms with Crippen molar-refractivity contribution in [3.63, 3.8) is 0 Å². The van der Waals surface area contributed by atoms with E-state index in [0.717, 1.165) is 18.3 Å². The van der Waals surface area contributed by atoms with E-state index < -0.39 is 5.97 Å². The molecular formula is C15H24O2. The fourth-order valence-corrected chi connectivity index (χ4v) is 3.86. The highest BCUT2D eigenvalue weighted by atomic mass is 16.4. The minimum atomic E-state index is -0.625. The number of carboxylic acid groups (broad SMARTS) is 1. The molecule has 1 fully saturated rings. The third kappa shape index (κ3) is 2.41. The van der Waals surface area contributed by atoms with Gasteiger partial charge in [-0.15, -0.1) is 0 Å². The van der Waals surface area contributed by atoms with Gasteiger partial charge in [-0.1, -0.05) is 31.9 Å². The molecule has 0 amide bonds. The maximum atomic E-state index is 11.2. The summed E-state index contributed by atoms with van der Waals surface area (Å²) in [6.45, 7) is 6.42. The predicted octanol–water partition coefficient (Wildman–Crippen LogP) is 3.73. The summed E-state index contributed by atoms with van der Waals surface area (Å²) >= 11 is 0. The second-order valence-electron chi connectivity index (χ2n) is 6.14. The SMILES string of the molecule is CC1=C[C@H]2[C@@H](CC1)[C@H](C)CC[C@H]2[C@@H](C)C(=O)O. The Bertz CT molecular complexity index is 332. The summed E-state index contributed by atoms with van der Waals surface area (Å²) in [6.07, 6.45) is 7.14. The zero-order valence-electron chi connectivity index (χ0n) is 11.1. The Kier molecular flexibility index (Phi) is 3.60. The van der Waals surface area contributed by atoms with Crippen molar-refractivity contribution in [1.82, 2.24) is 0 Å². The Morgan fingerprint density at radius 3 is 2.76 bits per heavy atom. The van der Waals surface area contributed by atoms with Crippen molar-refractivity contribution in [2.75, 3.05) is 0 Å². The van der Waals surface area contributed by atoms with Crippen LogP contribution in [0.4, 0.5) is 0 Å². The highest BCUT2D eigenvalue weighted by Gasteiger charge is 2.41. The summed E-state index contributed by atoms with van der Waals surface area (Å²) in [4.78, 5) is 11.2. The van der Waals surface area contributed by atoms with E-state index in [4.69, 9.17) is 0 Å². The van der Waals surface area contributed by atoms with E-state index in [1.54, 1.807) is 0 Å². The van der Waals surface area contributed by atoms with Gasteiger partial charge in [-0.25, -0.2) is 0 Å². The van der Waals surface area contributed by atoms with Crippen molar-refractivity contribution in [3.8, 4) is 0 Å². The van der Waals surface area contributed by atoms with Crippen LogP contribution in [0.5, 0.6) is 0 Å². The maximum Gasteiger partial charge on any atom is 0.306 e. The van der Waals surface area contributed by atoms with Crippen LogP contribution >= 0.6 is 0 Å². The molecule has 1 saturated carbocycles. The molecule has 5 atom stereocenters. The minimum Gasteiger partial charge on any atom is -0.481 e. The van der Waals surface area contributed by atoms with Crippen LogP contribution in [0.15, 0.2) is 11.6 Å². The zero-order chi connectivity index (χ0) is 12.6. The van der Waals surface area contributed by atoms with Gasteiger partial charge < -0.3 is 5.11 Å². The molecule has 0 bridgehead atoms. The molecule has 2 aliphatic carbocycles. The molecular weight excluding hydrogens is 212 g/mol. The van der Waals surface area contributed by atoms with Gasteiger partial charge in [0.25, 0.3) is 0 Å². The van der Waals surface area contributed by atoms with Crippen LogP contribution in [0.2, 0.25) is 0 Å². The van der Waals surface area contributed by atoms with Crippen LogP contribution in [0, 0.1) is 29.6 Å². The van der Waals surface area contributed by atoms with Crippen LogP contribution in [-0.4, -0.2) is 11.1 Å². The van der Waals surface area contributed by atoms with Crippen molar-refractivity contribution < 1.29 is 9.90 Å². The van der Waals surface area contributed by atoms with E-state index >= 15 is 0 Å². The van der Waals surface area contributed by atoms with E-state index in [-0.39, 0.29) is 5.92 Å². The largest absolute Gasteiger partial charge is 0.481 e. The van der Waals surface area contributed by atoms with Gasteiger partial charge in [-0.05, 0) is 49.9 Å². The van der Waals surface area contributed by atoms with Gasteiger partial charge in [0.05, 0.1) is 5.92 Å². The van der Waals surface area contributed by atoms with Crippen molar-refractivity contribution in [3.05, 3.63) is 11.6 Å². The number of hydrogen-bond donors (Lipinski definition) is 1. The summed E-state index contributed by atoms with van der Waals surface area (Å²) in [5.41, 5.74) is 1.46. The van der Waals surface area contributed by atoms with Gasteiger partial charge in [0, 0.05) is 0 Å². The lowest BCUT2D eigenvalue weighted by Gasteiger charge is -2.44. The molecule has 0 aromatic carbocycles. The molecule has 96 valence electrons. The number of hydrogen-bond acceptors (Lipinski definition) is 1. The van der Waals surface area contributed by atoms with E-state index in [1.807, 2.05) is 6.92 Å². The molecule has 0 heterocycles. The molecule has 0 saturated heterocycles. The third-order valence-corrected chi connectivity index (χ3v) is 5.06. The van der Waals surface area contributed by atoms with E-state index in [2.05, 4.69) is 19.9 Å². The standard InChI is InChI=1S/C15H24O2/c1-9-4-6-12-10(2)5-7-13(14(12)8-9)11(3)15(16)17/h8,10-14H,4-7H2,1-3H3,(H,16,17)/t10-,11-,12+,13+,14+/m1/s1. The summed E-state index contributed by atoms with van der Waals surface area (Å²) in [5.74, 6) is 1.53. The number of aliphatic carboxylic acids is 1. The molecule has 0 aromatic heterocycles. The number of carboxylic acids is 1. The van der Waals surface area contributed by atoms with Gasteiger partial charge in [0.2, 0.25) is 0 Å². The smallest absolute Gasteiger partial charge is 0.306 e. The van der Waals surface area contributed by atoms with E-state index in [0.29, 0.717) is 11.8 Å². The molecule has 2 heteroatoms. The second kappa shape index (κ2) is 4.83. The molecule has 0 aliphatic heterocycles. The second-order valence-corrected chi connectivity index (χ2v) is 6.14. The van der Waals surface area contributed by atoms with Crippen LogP contribution in [0.3, 0.4) is 0 Å². The Balaban J connectivity index is 2.22. The summed E-state index contributed by atoms with van der Waals surface area (Å²) in [5, 5.41) is 9.24. The Morgan fingerprint density at radius 2 is 2.12 bits per heavy atom. The number of carbonyl (C=O) groups is 1. The minimum absolute atomic E-state index is 0.197. The third-order valence-electron chi connectivity index (χ3n) is 5.06. The summed E-state index contributed by atoms with van der Waals surface area (Å²) in [7, 11) is 0. The van der Waals surface area contributed by atoms with E-state index in [9.17, 15) is 9.90 Å². The van der Waals surface area contributed by atoms with Gasteiger partial charge in [0.1, 0.15) is 0 Å². The fraction of sp³-hybridized carbons (Fsp3) is 0.800. The zero-order valence-corrected chi connectivity index (χ0v) is 11.1. The van der Waals surface area contributed by atoms with Crippen LogP contribution in [-0.2, 0) is 4.79 Å². The first-order chi connectivity index (χ1) is 8.00. The van der Waals surface area contributed by atoms with E-state index in [1.165, 1.54) is 24.8 Å². The molecule has 1 N–H and O–H groups in total. The lowest BCUT2D eigenvalue weighted by atomic mass is 9.60. The highest BCUT2D eigenvalue weighted by molar-refractivity contribution is 5.70. The van der Waals surface area contributed by atoms with Crippen molar-refractivity contribution in [2.45, 2.75) is 46.5 Å². The maximum absolute atomic E-state index is 11.2. The molecule has 0 aromatic rings. The molecule has 0 spiro atoms. The lowest BCUT2D eigenvalue weighted by molar-refractivity contribution is -0.144. The Hall–Kier alpha value is -0.790. The van der Waals surface area contributed by atoms with Crippen molar-refractivity contribution in [2.24, 2.45) is 29.6 Å². The van der Waals surface area contributed by atoms with Gasteiger partial charge >= 0.3 is 5.97 Å². The number of fused-ring (bicyclic) bond motifs is 1. The first-order valence-electron chi connectivity index (χ1n) is 6.90. The average molecular weight is 236 g/mol. The van der Waals surface area contributed by atoms with Crippen LogP contribution < -0.4 is 0 Å². The highest BCUT2D eigenvalue weighted by Crippen LogP contribution is 2.47. The Morgan fingerprint density at radius 1 is 1.41 bits per heavy atom. The van der Waals surface area contributed by atoms with Crippen LogP contribution in [0.25, 0.3) is 0 Å². The average Bonchev–Trinajstić information content (AvgIpc) is 2.28. The number of rotatable bonds is 2. The van der Waals surface area contributed by atoms with Gasteiger partial charge in [-0.3, -0.25) is 4.79 Å². The lowest BCUT2D eigenvalue weighted by Crippen LogP contribution is -2.39. The monoisotopic (exact) mass is 236 g/mol. The number of allylic oxidation sites excluding steroid dienone is 2. The molecule has 2 aliphatic rings. The Labute approximate surface area is 104 Å². The summed E-state index contributed by atoms with van der Waals surface area (Å²) < 4.78 is 0. The van der Waals surface area contributed by atoms with Gasteiger partial charge in [-0.2, -0.15) is 0 Å². The quantitative estimate of drug-likeness (QED) is 0.742. The fourth-order valence-electron chi connectivity index (χ4n) is 3.86. The molecule has 17 heavy (non-hydrogen) atoms. The van der Waals surface area contributed by atoms with Crippen molar-refractivity contribution in [1.29, 1.82) is 0 Å². The molecule has 2 rings (SSSR count). The topological polar surface area (TPSA) is 37.3 Å². The first-order valence-corrected chi connectivity index (χ1v) is 6.90. The first kappa shape index (κ1) is 12.7. The summed E-state index contributed by atoms with van der Waals surface area (Å²) in [6, 6.07) is 0. The normalized spacial score (nSPS) is 39.1. The van der Waals surface area contributed by atoms with Gasteiger partial charge in [0.15, 0.2) is 0 Å². The predicted molar refractivity (Wildman–Crippen MR) is 68.7 cm³/mol. The van der Waals surface area contributed by atoms with Crippen molar-refractivity contribution >= 4 is 5.97 Å².